The van der Waals surface area contributed by atoms with Crippen molar-refractivity contribution in [3.63, 3.8) is 0 Å². The van der Waals surface area contributed by atoms with Crippen LogP contribution in [-0.2, 0) is 9.53 Å². The van der Waals surface area contributed by atoms with Crippen molar-refractivity contribution in [2.75, 3.05) is 6.61 Å². The Labute approximate surface area is 187 Å². The lowest BCUT2D eigenvalue weighted by atomic mass is 9.81. The van der Waals surface area contributed by atoms with Crippen LogP contribution >= 0.6 is 22.9 Å². The number of rotatable bonds is 3. The van der Waals surface area contributed by atoms with E-state index in [4.69, 9.17) is 26.1 Å². The van der Waals surface area contributed by atoms with E-state index in [0.717, 1.165) is 11.1 Å². The summed E-state index contributed by atoms with van der Waals surface area (Å²) in [4.78, 5) is 31.7. The minimum atomic E-state index is -1.18. The molecule has 0 saturated heterocycles. The molecule has 0 N–H and O–H groups in total. The Balaban J connectivity index is 1.79. The van der Waals surface area contributed by atoms with Gasteiger partial charge in [-0.2, -0.15) is 0 Å². The lowest BCUT2D eigenvalue weighted by molar-refractivity contribution is -0.160. The van der Waals surface area contributed by atoms with Gasteiger partial charge in [0.2, 0.25) is 5.72 Å². The fraction of sp³-hybridized carbons (Fsp3) is 0.261. The molecule has 31 heavy (non-hydrogen) atoms. The number of benzene rings is 2. The minimum absolute atomic E-state index is 0.221. The van der Waals surface area contributed by atoms with Crippen LogP contribution in [-0.4, -0.2) is 22.9 Å². The van der Waals surface area contributed by atoms with E-state index in [0.29, 0.717) is 20.1 Å². The second-order valence-electron chi connectivity index (χ2n) is 7.57. The number of hydrogen-bond donors (Lipinski definition) is 0. The van der Waals surface area contributed by atoms with E-state index in [2.05, 4.69) is 0 Å². The van der Waals surface area contributed by atoms with Gasteiger partial charge in [-0.05, 0) is 37.6 Å². The van der Waals surface area contributed by atoms with Crippen molar-refractivity contribution < 1.29 is 14.3 Å². The highest BCUT2D eigenvalue weighted by Crippen LogP contribution is 2.47. The molecule has 3 atom stereocenters. The lowest BCUT2D eigenvalue weighted by Gasteiger charge is -2.44. The van der Waals surface area contributed by atoms with Crippen LogP contribution in [0.15, 0.2) is 58.3 Å². The zero-order chi connectivity index (χ0) is 21.8. The molecule has 6 nitrogen and oxygen atoms in total. The maximum Gasteiger partial charge on any atom is 0.317 e. The molecule has 2 bridgehead atoms. The molecule has 1 aromatic heterocycles. The molecule has 3 aromatic rings. The molecular weight excluding hydrogens is 436 g/mol. The Bertz CT molecular complexity index is 1380. The minimum Gasteiger partial charge on any atom is -0.466 e. The lowest BCUT2D eigenvalue weighted by Crippen LogP contribution is -2.58. The third kappa shape index (κ3) is 3.11. The number of halogens is 1. The average Bonchev–Trinajstić information content (AvgIpc) is 3.03. The van der Waals surface area contributed by atoms with Crippen molar-refractivity contribution in [2.24, 2.45) is 10.9 Å². The van der Waals surface area contributed by atoms with E-state index in [-0.39, 0.29) is 12.2 Å². The number of hydrogen-bond acceptors (Lipinski definition) is 6. The first-order chi connectivity index (χ1) is 14.9. The summed E-state index contributed by atoms with van der Waals surface area (Å²) in [7, 11) is 0. The van der Waals surface area contributed by atoms with Gasteiger partial charge in [0.15, 0.2) is 4.80 Å². The molecule has 0 aliphatic carbocycles. The van der Waals surface area contributed by atoms with Crippen molar-refractivity contribution in [2.45, 2.75) is 25.6 Å². The average molecular weight is 455 g/mol. The number of para-hydroxylation sites is 1. The summed E-state index contributed by atoms with van der Waals surface area (Å²) in [6.07, 6.45) is 1.76. The van der Waals surface area contributed by atoms with Crippen molar-refractivity contribution in [1.29, 1.82) is 0 Å². The summed E-state index contributed by atoms with van der Waals surface area (Å²) in [5.41, 5.74) is 0.109. The number of nitrogens with zero attached hydrogens (tertiary/aromatic N) is 2. The quantitative estimate of drug-likeness (QED) is 0.570. The molecule has 2 aromatic carbocycles. The maximum absolute atomic E-state index is 13.5. The van der Waals surface area contributed by atoms with Gasteiger partial charge in [0.1, 0.15) is 11.7 Å². The standard InChI is InChI=1S/C23H19ClN2O4S/c1-3-29-21(28)18-19-14-9-5-7-11-16(14)30-23(18,2)25-22-26(19)20(27)17(31-22)12-13-8-4-6-10-15(13)24/h4-12,18-19H,3H2,1-2H3/b17-12+/t18-,19+,23+/m1/s1. The van der Waals surface area contributed by atoms with E-state index in [1.807, 2.05) is 42.5 Å². The first kappa shape index (κ1) is 20.0. The van der Waals surface area contributed by atoms with Gasteiger partial charge in [0.25, 0.3) is 5.56 Å². The van der Waals surface area contributed by atoms with Crippen molar-refractivity contribution in [1.82, 2.24) is 4.57 Å². The smallest absolute Gasteiger partial charge is 0.317 e. The van der Waals surface area contributed by atoms with Crippen LogP contribution in [0.2, 0.25) is 5.02 Å². The van der Waals surface area contributed by atoms with Gasteiger partial charge < -0.3 is 9.47 Å². The zero-order valence-electron chi connectivity index (χ0n) is 16.9. The van der Waals surface area contributed by atoms with E-state index in [9.17, 15) is 9.59 Å². The Kier molecular flexibility index (Phi) is 4.75. The number of ether oxygens (including phenoxy) is 2. The van der Waals surface area contributed by atoms with E-state index < -0.39 is 23.7 Å². The topological polar surface area (TPSA) is 69.9 Å². The van der Waals surface area contributed by atoms with Gasteiger partial charge in [0, 0.05) is 10.6 Å². The van der Waals surface area contributed by atoms with Crippen LogP contribution in [0.1, 0.15) is 31.0 Å². The normalized spacial score (nSPS) is 23.9. The summed E-state index contributed by atoms with van der Waals surface area (Å²) in [6, 6.07) is 14.2. The highest BCUT2D eigenvalue weighted by Gasteiger charge is 2.55. The molecule has 3 heterocycles. The van der Waals surface area contributed by atoms with Crippen LogP contribution in [0.4, 0.5) is 0 Å². The van der Waals surface area contributed by atoms with Crippen LogP contribution < -0.4 is 19.6 Å². The fourth-order valence-corrected chi connectivity index (χ4v) is 5.55. The van der Waals surface area contributed by atoms with E-state index in [1.54, 1.807) is 30.6 Å². The highest BCUT2D eigenvalue weighted by atomic mass is 35.5. The highest BCUT2D eigenvalue weighted by molar-refractivity contribution is 7.07. The Morgan fingerprint density at radius 1 is 1.29 bits per heavy atom. The summed E-state index contributed by atoms with van der Waals surface area (Å²) in [6.45, 7) is 3.75. The molecular formula is C23H19ClN2O4S. The van der Waals surface area contributed by atoms with E-state index in [1.165, 1.54) is 11.3 Å². The molecule has 5 rings (SSSR count). The monoisotopic (exact) mass is 454 g/mol. The van der Waals surface area contributed by atoms with Gasteiger partial charge in [-0.1, -0.05) is 59.3 Å². The summed E-state index contributed by atoms with van der Waals surface area (Å²) in [5.74, 6) is -0.608. The summed E-state index contributed by atoms with van der Waals surface area (Å²) >= 11 is 7.55. The molecule has 8 heteroatoms. The molecule has 2 aliphatic heterocycles. The van der Waals surface area contributed by atoms with Gasteiger partial charge >= 0.3 is 5.97 Å². The molecule has 2 aliphatic rings. The molecule has 0 saturated carbocycles. The van der Waals surface area contributed by atoms with Crippen molar-refractivity contribution >= 4 is 35.0 Å². The third-order valence-corrected chi connectivity index (χ3v) is 6.94. The van der Waals surface area contributed by atoms with Crippen LogP contribution in [0.3, 0.4) is 0 Å². The molecule has 0 unspecified atom stereocenters. The predicted molar refractivity (Wildman–Crippen MR) is 118 cm³/mol. The molecule has 0 fully saturated rings. The molecule has 0 spiro atoms. The maximum atomic E-state index is 13.5. The zero-order valence-corrected chi connectivity index (χ0v) is 18.4. The van der Waals surface area contributed by atoms with Crippen LogP contribution in [0.5, 0.6) is 5.75 Å². The van der Waals surface area contributed by atoms with Crippen molar-refractivity contribution in [3.05, 3.63) is 84.4 Å². The third-order valence-electron chi connectivity index (χ3n) is 5.61. The van der Waals surface area contributed by atoms with Gasteiger partial charge in [-0.15, -0.1) is 0 Å². The second kappa shape index (κ2) is 7.35. The van der Waals surface area contributed by atoms with Crippen molar-refractivity contribution in [3.8, 4) is 5.75 Å². The molecule has 0 amide bonds. The largest absolute Gasteiger partial charge is 0.466 e. The Morgan fingerprint density at radius 3 is 2.81 bits per heavy atom. The van der Waals surface area contributed by atoms with E-state index >= 15 is 0 Å². The molecule has 0 radical (unpaired) electrons. The number of thiazole rings is 1. The number of carbonyl (C=O) groups is 1. The summed E-state index contributed by atoms with van der Waals surface area (Å²) in [5, 5.41) is 0.555. The molecule has 158 valence electrons. The predicted octanol–water partition coefficient (Wildman–Crippen LogP) is 2.90. The number of esters is 1. The van der Waals surface area contributed by atoms with Crippen LogP contribution in [0, 0.1) is 5.92 Å². The van der Waals surface area contributed by atoms with Gasteiger partial charge in [-0.25, -0.2) is 4.99 Å². The van der Waals surface area contributed by atoms with Gasteiger partial charge in [-0.3, -0.25) is 14.2 Å². The SMILES string of the molecule is CCOC(=O)[C@H]1[C@@H]2c3ccccc3O[C@]1(C)N=c1s/c(=C/c3ccccc3Cl)c(=O)n12. The van der Waals surface area contributed by atoms with Crippen LogP contribution in [0.25, 0.3) is 6.08 Å². The number of fused-ring (bicyclic) bond motifs is 6. The van der Waals surface area contributed by atoms with Gasteiger partial charge in [0.05, 0.1) is 17.2 Å². The number of carbonyl (C=O) groups excluding carboxylic acids is 1. The fourth-order valence-electron chi connectivity index (χ4n) is 4.27. The summed E-state index contributed by atoms with van der Waals surface area (Å²) < 4.78 is 13.6. The number of aromatic nitrogens is 1. The Morgan fingerprint density at radius 2 is 2.03 bits per heavy atom. The first-order valence-electron chi connectivity index (χ1n) is 9.95. The Hall–Kier alpha value is -2.90. The first-order valence-corrected chi connectivity index (χ1v) is 11.1. The second-order valence-corrected chi connectivity index (χ2v) is 8.99.